The maximum Gasteiger partial charge on any atom is 0.0246 e. The van der Waals surface area contributed by atoms with E-state index in [1.807, 2.05) is 0 Å². The Bertz CT molecular complexity index is 258. The van der Waals surface area contributed by atoms with E-state index in [0.717, 1.165) is 31.2 Å². The Kier molecular flexibility index (Phi) is 7.42. The third kappa shape index (κ3) is 6.30. The standard InChI is InChI=1S/C14H30N2OS/c1-12(2)10-14-11-16(8-5-7-15-14)13(3)6-9-18(4)17/h12-15H,5-11H2,1-4H3. The summed E-state index contributed by atoms with van der Waals surface area (Å²) in [5.74, 6) is 1.58. The highest BCUT2D eigenvalue weighted by Crippen LogP contribution is 2.13. The Labute approximate surface area is 115 Å². The normalized spacial score (nSPS) is 25.9. The number of rotatable bonds is 6. The number of nitrogens with one attached hydrogen (secondary N) is 1. The maximum absolute atomic E-state index is 11.2. The predicted octanol–water partition coefficient (Wildman–Crippen LogP) is 1.85. The van der Waals surface area contributed by atoms with Gasteiger partial charge in [0.25, 0.3) is 0 Å². The fourth-order valence-corrected chi connectivity index (χ4v) is 3.35. The molecule has 0 saturated carbocycles. The Balaban J connectivity index is 2.44. The largest absolute Gasteiger partial charge is 0.313 e. The summed E-state index contributed by atoms with van der Waals surface area (Å²) in [7, 11) is -0.655. The van der Waals surface area contributed by atoms with Gasteiger partial charge in [-0.15, -0.1) is 0 Å². The van der Waals surface area contributed by atoms with Crippen molar-refractivity contribution < 1.29 is 4.21 Å². The van der Waals surface area contributed by atoms with E-state index in [9.17, 15) is 4.21 Å². The van der Waals surface area contributed by atoms with Crippen LogP contribution in [0.5, 0.6) is 0 Å². The lowest BCUT2D eigenvalue weighted by Crippen LogP contribution is -2.42. The van der Waals surface area contributed by atoms with Gasteiger partial charge in [0.05, 0.1) is 0 Å². The van der Waals surface area contributed by atoms with Gasteiger partial charge in [-0.3, -0.25) is 9.11 Å². The number of hydrogen-bond donors (Lipinski definition) is 1. The molecule has 0 aromatic rings. The summed E-state index contributed by atoms with van der Waals surface area (Å²) in [6.45, 7) is 10.3. The zero-order chi connectivity index (χ0) is 13.5. The molecule has 3 nitrogen and oxygen atoms in total. The van der Waals surface area contributed by atoms with Crippen LogP contribution < -0.4 is 5.32 Å². The number of hydrogen-bond acceptors (Lipinski definition) is 3. The van der Waals surface area contributed by atoms with Crippen molar-refractivity contribution in [2.24, 2.45) is 5.92 Å². The van der Waals surface area contributed by atoms with Crippen LogP contribution in [0.4, 0.5) is 0 Å². The molecule has 1 heterocycles. The van der Waals surface area contributed by atoms with E-state index in [0.29, 0.717) is 12.1 Å². The van der Waals surface area contributed by atoms with Gasteiger partial charge >= 0.3 is 0 Å². The van der Waals surface area contributed by atoms with E-state index < -0.39 is 10.8 Å². The highest BCUT2D eigenvalue weighted by atomic mass is 32.2. The lowest BCUT2D eigenvalue weighted by Gasteiger charge is -2.30. The quantitative estimate of drug-likeness (QED) is 0.802. The summed E-state index contributed by atoms with van der Waals surface area (Å²) in [6, 6.07) is 1.19. The molecule has 0 aromatic carbocycles. The third-order valence-corrected chi connectivity index (χ3v) is 4.52. The SMILES string of the molecule is CC(C)CC1CN(C(C)CCS(C)=O)CCCN1. The topological polar surface area (TPSA) is 32.3 Å². The van der Waals surface area contributed by atoms with Crippen molar-refractivity contribution in [3.63, 3.8) is 0 Å². The minimum atomic E-state index is -0.655. The lowest BCUT2D eigenvalue weighted by atomic mass is 10.0. The van der Waals surface area contributed by atoms with Gasteiger partial charge in [0.1, 0.15) is 0 Å². The van der Waals surface area contributed by atoms with Gasteiger partial charge in [0, 0.05) is 41.4 Å². The maximum atomic E-state index is 11.2. The highest BCUT2D eigenvalue weighted by molar-refractivity contribution is 7.84. The molecule has 0 bridgehead atoms. The second-order valence-corrected chi connectivity index (χ2v) is 7.60. The Morgan fingerprint density at radius 2 is 2.11 bits per heavy atom. The van der Waals surface area contributed by atoms with Crippen LogP contribution in [0.15, 0.2) is 0 Å². The molecule has 0 aliphatic carbocycles. The van der Waals surface area contributed by atoms with E-state index in [2.05, 4.69) is 31.0 Å². The second kappa shape index (κ2) is 8.28. The molecular weight excluding hydrogens is 244 g/mol. The summed E-state index contributed by atoms with van der Waals surface area (Å²) in [5.41, 5.74) is 0. The van der Waals surface area contributed by atoms with Gasteiger partial charge in [-0.05, 0) is 45.2 Å². The van der Waals surface area contributed by atoms with Crippen LogP contribution >= 0.6 is 0 Å². The smallest absolute Gasteiger partial charge is 0.0246 e. The van der Waals surface area contributed by atoms with Crippen molar-refractivity contribution >= 4 is 10.8 Å². The minimum Gasteiger partial charge on any atom is -0.313 e. The molecule has 0 amide bonds. The van der Waals surface area contributed by atoms with E-state index in [1.165, 1.54) is 19.4 Å². The first-order chi connectivity index (χ1) is 8.49. The van der Waals surface area contributed by atoms with Gasteiger partial charge in [0.15, 0.2) is 0 Å². The Hall–Kier alpha value is 0.0700. The Morgan fingerprint density at radius 3 is 2.72 bits per heavy atom. The van der Waals surface area contributed by atoms with Crippen molar-refractivity contribution in [3.8, 4) is 0 Å². The average Bonchev–Trinajstić information content (AvgIpc) is 2.50. The first-order valence-electron chi connectivity index (χ1n) is 7.26. The van der Waals surface area contributed by atoms with E-state index >= 15 is 0 Å². The zero-order valence-corrected chi connectivity index (χ0v) is 13.3. The summed E-state index contributed by atoms with van der Waals surface area (Å²) in [5, 5.41) is 3.66. The molecule has 0 radical (unpaired) electrons. The van der Waals surface area contributed by atoms with Gasteiger partial charge in [-0.25, -0.2) is 0 Å². The molecule has 1 saturated heterocycles. The fourth-order valence-electron chi connectivity index (χ4n) is 2.67. The van der Waals surface area contributed by atoms with E-state index in [1.54, 1.807) is 6.26 Å². The Morgan fingerprint density at radius 1 is 1.39 bits per heavy atom. The molecule has 0 aromatic heterocycles. The zero-order valence-electron chi connectivity index (χ0n) is 12.4. The highest BCUT2D eigenvalue weighted by Gasteiger charge is 2.22. The van der Waals surface area contributed by atoms with Crippen LogP contribution in [0, 0.1) is 5.92 Å². The van der Waals surface area contributed by atoms with Crippen LogP contribution in [-0.4, -0.2) is 52.8 Å². The van der Waals surface area contributed by atoms with Crippen LogP contribution in [-0.2, 0) is 10.8 Å². The van der Waals surface area contributed by atoms with E-state index in [4.69, 9.17) is 0 Å². The van der Waals surface area contributed by atoms with Crippen LogP contribution in [0.3, 0.4) is 0 Å². The molecule has 1 N–H and O–H groups in total. The first kappa shape index (κ1) is 16.1. The number of nitrogens with zero attached hydrogens (tertiary/aromatic N) is 1. The van der Waals surface area contributed by atoms with Gasteiger partial charge in [0.2, 0.25) is 0 Å². The molecule has 3 atom stereocenters. The van der Waals surface area contributed by atoms with E-state index in [-0.39, 0.29) is 0 Å². The van der Waals surface area contributed by atoms with Crippen molar-refractivity contribution in [2.75, 3.05) is 31.6 Å². The van der Waals surface area contributed by atoms with Gasteiger partial charge < -0.3 is 5.32 Å². The van der Waals surface area contributed by atoms with Crippen molar-refractivity contribution in [3.05, 3.63) is 0 Å². The molecule has 1 rings (SSSR count). The van der Waals surface area contributed by atoms with Gasteiger partial charge in [-0.2, -0.15) is 0 Å². The molecule has 4 heteroatoms. The molecule has 18 heavy (non-hydrogen) atoms. The van der Waals surface area contributed by atoms with Gasteiger partial charge in [-0.1, -0.05) is 13.8 Å². The molecule has 1 aliphatic rings. The monoisotopic (exact) mass is 274 g/mol. The minimum absolute atomic E-state index is 0.559. The molecule has 108 valence electrons. The van der Waals surface area contributed by atoms with Crippen LogP contribution in [0.2, 0.25) is 0 Å². The van der Waals surface area contributed by atoms with Crippen LogP contribution in [0.25, 0.3) is 0 Å². The van der Waals surface area contributed by atoms with Crippen molar-refractivity contribution in [1.29, 1.82) is 0 Å². The van der Waals surface area contributed by atoms with Crippen molar-refractivity contribution in [2.45, 2.75) is 52.1 Å². The predicted molar refractivity (Wildman–Crippen MR) is 80.4 cm³/mol. The van der Waals surface area contributed by atoms with Crippen molar-refractivity contribution in [1.82, 2.24) is 10.2 Å². The second-order valence-electron chi connectivity index (χ2n) is 6.04. The third-order valence-electron chi connectivity index (χ3n) is 3.71. The fraction of sp³-hybridized carbons (Fsp3) is 1.00. The summed E-state index contributed by atoms with van der Waals surface area (Å²) in [4.78, 5) is 2.58. The molecule has 1 aliphatic heterocycles. The average molecular weight is 274 g/mol. The molecule has 3 unspecified atom stereocenters. The summed E-state index contributed by atoms with van der Waals surface area (Å²) >= 11 is 0. The summed E-state index contributed by atoms with van der Waals surface area (Å²) in [6.07, 6.45) is 5.34. The lowest BCUT2D eigenvalue weighted by molar-refractivity contribution is 0.194. The molecule has 0 spiro atoms. The first-order valence-corrected chi connectivity index (χ1v) is 8.99. The van der Waals surface area contributed by atoms with Crippen LogP contribution in [0.1, 0.15) is 40.0 Å². The summed E-state index contributed by atoms with van der Waals surface area (Å²) < 4.78 is 11.2. The molecule has 1 fully saturated rings. The molecular formula is C14H30N2OS.